The number of carbonyl (C=O) groups excluding carboxylic acids is 1. The predicted octanol–water partition coefficient (Wildman–Crippen LogP) is 2.03. The van der Waals surface area contributed by atoms with Gasteiger partial charge in [-0.1, -0.05) is 12.1 Å². The van der Waals surface area contributed by atoms with Crippen molar-refractivity contribution in [2.75, 3.05) is 0 Å². The Morgan fingerprint density at radius 3 is 2.55 bits per heavy atom. The molecule has 0 aliphatic heterocycles. The molecule has 98 valence electrons. The topological polar surface area (TPSA) is 73.8 Å². The summed E-state index contributed by atoms with van der Waals surface area (Å²) in [6.45, 7) is 0. The first-order chi connectivity index (χ1) is 9.74. The van der Waals surface area contributed by atoms with Crippen molar-refractivity contribution in [3.8, 4) is 16.9 Å². The summed E-state index contributed by atoms with van der Waals surface area (Å²) in [5.74, 6) is -0.457. The maximum Gasteiger partial charge on any atom is 0.248 e. The van der Waals surface area contributed by atoms with Crippen molar-refractivity contribution < 1.29 is 4.79 Å². The van der Waals surface area contributed by atoms with Gasteiger partial charge in [0.05, 0.1) is 11.4 Å². The van der Waals surface area contributed by atoms with Crippen LogP contribution in [0.15, 0.2) is 61.1 Å². The fourth-order valence-electron chi connectivity index (χ4n) is 1.95. The fraction of sp³-hybridized carbons (Fsp3) is 0. The van der Waals surface area contributed by atoms with Crippen LogP contribution in [-0.2, 0) is 0 Å². The minimum Gasteiger partial charge on any atom is -0.366 e. The molecular formula is C15H12N4O. The Hall–Kier alpha value is -2.95. The van der Waals surface area contributed by atoms with Gasteiger partial charge in [-0.3, -0.25) is 9.78 Å². The van der Waals surface area contributed by atoms with Crippen LogP contribution in [0, 0.1) is 0 Å². The van der Waals surface area contributed by atoms with Crippen LogP contribution < -0.4 is 5.73 Å². The molecule has 2 aromatic heterocycles. The highest BCUT2D eigenvalue weighted by Gasteiger charge is 2.05. The first-order valence-corrected chi connectivity index (χ1v) is 6.10. The van der Waals surface area contributed by atoms with E-state index in [4.69, 9.17) is 5.73 Å². The highest BCUT2D eigenvalue weighted by atomic mass is 16.1. The van der Waals surface area contributed by atoms with Gasteiger partial charge in [0.1, 0.15) is 0 Å². The number of amides is 1. The molecule has 0 aliphatic carbocycles. The highest BCUT2D eigenvalue weighted by molar-refractivity contribution is 5.93. The number of hydrogen-bond donors (Lipinski definition) is 1. The summed E-state index contributed by atoms with van der Waals surface area (Å²) in [6.07, 6.45) is 5.18. The number of rotatable bonds is 3. The first kappa shape index (κ1) is 12.1. The lowest BCUT2D eigenvalue weighted by Crippen LogP contribution is -2.10. The van der Waals surface area contributed by atoms with E-state index in [9.17, 15) is 4.79 Å². The van der Waals surface area contributed by atoms with Gasteiger partial charge in [0.2, 0.25) is 5.91 Å². The largest absolute Gasteiger partial charge is 0.366 e. The summed E-state index contributed by atoms with van der Waals surface area (Å²) >= 11 is 0. The van der Waals surface area contributed by atoms with Crippen LogP contribution in [0.4, 0.5) is 0 Å². The minimum atomic E-state index is -0.457. The molecule has 1 amide bonds. The van der Waals surface area contributed by atoms with Gasteiger partial charge in [-0.2, -0.15) is 5.10 Å². The number of benzene rings is 1. The summed E-state index contributed by atoms with van der Waals surface area (Å²) in [4.78, 5) is 15.4. The molecule has 0 bridgehead atoms. The summed E-state index contributed by atoms with van der Waals surface area (Å²) in [6, 6.07) is 12.9. The van der Waals surface area contributed by atoms with E-state index in [1.54, 1.807) is 29.2 Å². The third kappa shape index (κ3) is 2.29. The molecule has 3 rings (SSSR count). The molecule has 3 aromatic rings. The molecular weight excluding hydrogens is 252 g/mol. The van der Waals surface area contributed by atoms with Gasteiger partial charge in [-0.05, 0) is 30.3 Å². The molecule has 5 nitrogen and oxygen atoms in total. The molecule has 2 heterocycles. The Morgan fingerprint density at radius 1 is 1.10 bits per heavy atom. The molecule has 0 atom stereocenters. The van der Waals surface area contributed by atoms with E-state index in [1.807, 2.05) is 36.5 Å². The van der Waals surface area contributed by atoms with Crippen molar-refractivity contribution >= 4 is 5.91 Å². The lowest BCUT2D eigenvalue weighted by molar-refractivity contribution is 0.1000. The number of pyridine rings is 1. The van der Waals surface area contributed by atoms with Gasteiger partial charge in [0, 0.05) is 29.7 Å². The lowest BCUT2D eigenvalue weighted by Gasteiger charge is -2.05. The third-order valence-corrected chi connectivity index (χ3v) is 2.98. The number of hydrogen-bond acceptors (Lipinski definition) is 3. The zero-order chi connectivity index (χ0) is 13.9. The van der Waals surface area contributed by atoms with Crippen molar-refractivity contribution in [3.63, 3.8) is 0 Å². The van der Waals surface area contributed by atoms with Crippen molar-refractivity contribution in [1.29, 1.82) is 0 Å². The monoisotopic (exact) mass is 264 g/mol. The van der Waals surface area contributed by atoms with E-state index in [0.29, 0.717) is 11.3 Å². The standard InChI is InChI=1S/C15H12N4O/c16-15(20)12-6-8-17-14(10-12)11-2-4-13(5-3-11)19-9-1-7-18-19/h1-10H,(H2,16,20). The second kappa shape index (κ2) is 4.97. The van der Waals surface area contributed by atoms with E-state index in [1.165, 1.54) is 0 Å². The Kier molecular flexibility index (Phi) is 3.01. The molecule has 0 spiro atoms. The third-order valence-electron chi connectivity index (χ3n) is 2.98. The fourth-order valence-corrected chi connectivity index (χ4v) is 1.95. The predicted molar refractivity (Wildman–Crippen MR) is 75.3 cm³/mol. The molecule has 5 heteroatoms. The smallest absolute Gasteiger partial charge is 0.248 e. The van der Waals surface area contributed by atoms with Gasteiger partial charge in [-0.15, -0.1) is 0 Å². The van der Waals surface area contributed by atoms with Crippen LogP contribution in [0.2, 0.25) is 0 Å². The summed E-state index contributed by atoms with van der Waals surface area (Å²) in [5, 5.41) is 4.17. The Morgan fingerprint density at radius 2 is 1.90 bits per heavy atom. The number of primary amides is 1. The number of nitrogens with zero attached hydrogens (tertiary/aromatic N) is 3. The average Bonchev–Trinajstić information content (AvgIpc) is 3.02. The maximum atomic E-state index is 11.2. The van der Waals surface area contributed by atoms with Gasteiger partial charge >= 0.3 is 0 Å². The van der Waals surface area contributed by atoms with E-state index in [2.05, 4.69) is 10.1 Å². The summed E-state index contributed by atoms with van der Waals surface area (Å²) in [5.41, 5.74) is 8.32. The van der Waals surface area contributed by atoms with Gasteiger partial charge in [0.25, 0.3) is 0 Å². The van der Waals surface area contributed by atoms with Crippen LogP contribution in [0.1, 0.15) is 10.4 Å². The van der Waals surface area contributed by atoms with Crippen LogP contribution in [0.25, 0.3) is 16.9 Å². The lowest BCUT2D eigenvalue weighted by atomic mass is 10.1. The Balaban J connectivity index is 1.95. The Bertz CT molecular complexity index is 733. The molecule has 1 aromatic carbocycles. The molecule has 2 N–H and O–H groups in total. The molecule has 0 saturated carbocycles. The highest BCUT2D eigenvalue weighted by Crippen LogP contribution is 2.19. The van der Waals surface area contributed by atoms with Crippen LogP contribution in [-0.4, -0.2) is 20.7 Å². The molecule has 0 aliphatic rings. The molecule has 0 saturated heterocycles. The van der Waals surface area contributed by atoms with Crippen LogP contribution in [0.5, 0.6) is 0 Å². The maximum absolute atomic E-state index is 11.2. The van der Waals surface area contributed by atoms with Crippen molar-refractivity contribution in [2.24, 2.45) is 5.73 Å². The van der Waals surface area contributed by atoms with Gasteiger partial charge in [-0.25, -0.2) is 4.68 Å². The van der Waals surface area contributed by atoms with Gasteiger partial charge in [0.15, 0.2) is 0 Å². The number of aromatic nitrogens is 3. The van der Waals surface area contributed by atoms with E-state index >= 15 is 0 Å². The number of carbonyl (C=O) groups is 1. The quantitative estimate of drug-likeness (QED) is 0.786. The van der Waals surface area contributed by atoms with Gasteiger partial charge < -0.3 is 5.73 Å². The minimum absolute atomic E-state index is 0.450. The van der Waals surface area contributed by atoms with Crippen LogP contribution in [0.3, 0.4) is 0 Å². The average molecular weight is 264 g/mol. The summed E-state index contributed by atoms with van der Waals surface area (Å²) < 4.78 is 1.77. The summed E-state index contributed by atoms with van der Waals surface area (Å²) in [7, 11) is 0. The number of nitrogens with two attached hydrogens (primary N) is 1. The second-order valence-electron chi connectivity index (χ2n) is 4.29. The SMILES string of the molecule is NC(=O)c1ccnc(-c2ccc(-n3cccn3)cc2)c1. The van der Waals surface area contributed by atoms with Crippen molar-refractivity contribution in [2.45, 2.75) is 0 Å². The van der Waals surface area contributed by atoms with E-state index < -0.39 is 5.91 Å². The molecule has 0 radical (unpaired) electrons. The van der Waals surface area contributed by atoms with Crippen molar-refractivity contribution in [1.82, 2.24) is 14.8 Å². The van der Waals surface area contributed by atoms with E-state index in [0.717, 1.165) is 11.3 Å². The molecule has 0 fully saturated rings. The second-order valence-corrected chi connectivity index (χ2v) is 4.29. The van der Waals surface area contributed by atoms with Crippen LogP contribution >= 0.6 is 0 Å². The zero-order valence-electron chi connectivity index (χ0n) is 10.6. The zero-order valence-corrected chi connectivity index (χ0v) is 10.6. The Labute approximate surface area is 115 Å². The first-order valence-electron chi connectivity index (χ1n) is 6.10. The molecule has 0 unspecified atom stereocenters. The molecule has 20 heavy (non-hydrogen) atoms. The van der Waals surface area contributed by atoms with E-state index in [-0.39, 0.29) is 0 Å². The van der Waals surface area contributed by atoms with Crippen molar-refractivity contribution in [3.05, 3.63) is 66.6 Å². The normalized spacial score (nSPS) is 10.4.